The number of nitrogens with one attached hydrogen (secondary N) is 1. The van der Waals surface area contributed by atoms with E-state index in [1.54, 1.807) is 42.7 Å². The zero-order valence-electron chi connectivity index (χ0n) is 16.5. The van der Waals surface area contributed by atoms with Gasteiger partial charge in [0.1, 0.15) is 0 Å². The molecule has 0 spiro atoms. The summed E-state index contributed by atoms with van der Waals surface area (Å²) in [4.78, 5) is 15.3. The van der Waals surface area contributed by atoms with Gasteiger partial charge in [-0.05, 0) is 59.7 Å². The van der Waals surface area contributed by atoms with Crippen molar-refractivity contribution in [2.45, 2.75) is 30.6 Å². The highest BCUT2D eigenvalue weighted by Gasteiger charge is 2.13. The van der Waals surface area contributed by atoms with Gasteiger partial charge in [0.25, 0.3) is 0 Å². The van der Waals surface area contributed by atoms with Crippen LogP contribution in [0.5, 0.6) is 0 Å². The van der Waals surface area contributed by atoms with Crippen molar-refractivity contribution in [1.29, 1.82) is 0 Å². The highest BCUT2D eigenvalue weighted by atomic mass is 32.2. The lowest BCUT2D eigenvalue weighted by atomic mass is 9.97. The minimum absolute atomic E-state index is 0.0520. The van der Waals surface area contributed by atoms with Crippen molar-refractivity contribution in [2.75, 3.05) is 6.54 Å². The Morgan fingerprint density at radius 2 is 1.60 bits per heavy atom. The average Bonchev–Trinajstić information content (AvgIpc) is 2.73. The fraction of sp³-hybridized carbons (Fsp3) is 0.217. The minimum Gasteiger partial charge on any atom is -0.481 e. The molecule has 1 heterocycles. The maximum atomic E-state index is 12.4. The van der Waals surface area contributed by atoms with Crippen molar-refractivity contribution in [1.82, 2.24) is 9.71 Å². The third kappa shape index (κ3) is 6.50. The maximum absolute atomic E-state index is 12.4. The largest absolute Gasteiger partial charge is 0.481 e. The lowest BCUT2D eigenvalue weighted by Gasteiger charge is -2.11. The molecule has 0 aliphatic rings. The van der Waals surface area contributed by atoms with E-state index >= 15 is 0 Å². The van der Waals surface area contributed by atoms with E-state index in [1.807, 2.05) is 30.3 Å². The van der Waals surface area contributed by atoms with Crippen molar-refractivity contribution in [3.8, 4) is 0 Å². The van der Waals surface area contributed by atoms with Gasteiger partial charge in [-0.3, -0.25) is 9.78 Å². The van der Waals surface area contributed by atoms with Crippen LogP contribution in [-0.4, -0.2) is 31.0 Å². The van der Waals surface area contributed by atoms with Gasteiger partial charge in [-0.25, -0.2) is 13.1 Å². The Morgan fingerprint density at radius 3 is 2.27 bits per heavy atom. The third-order valence-corrected chi connectivity index (χ3v) is 6.11. The Balaban J connectivity index is 1.72. The number of carboxylic acid groups (broad SMARTS) is 1. The van der Waals surface area contributed by atoms with Crippen LogP contribution in [0.25, 0.3) is 0 Å². The molecule has 0 saturated carbocycles. The Bertz CT molecular complexity index is 1080. The molecule has 0 aliphatic carbocycles. The first-order valence-electron chi connectivity index (χ1n) is 9.69. The Morgan fingerprint density at radius 1 is 0.900 bits per heavy atom. The molecule has 7 heteroatoms. The van der Waals surface area contributed by atoms with Crippen molar-refractivity contribution < 1.29 is 18.3 Å². The van der Waals surface area contributed by atoms with Gasteiger partial charge in [-0.2, -0.15) is 0 Å². The van der Waals surface area contributed by atoms with Gasteiger partial charge in [-0.15, -0.1) is 0 Å². The molecule has 0 unspecified atom stereocenters. The Hall–Kier alpha value is -3.03. The van der Waals surface area contributed by atoms with E-state index in [2.05, 4.69) is 9.71 Å². The number of carboxylic acids is 1. The summed E-state index contributed by atoms with van der Waals surface area (Å²) in [6.07, 6.45) is 5.19. The van der Waals surface area contributed by atoms with Gasteiger partial charge < -0.3 is 5.11 Å². The first kappa shape index (κ1) is 21.7. The number of hydrogen-bond donors (Lipinski definition) is 2. The maximum Gasteiger partial charge on any atom is 0.303 e. The quantitative estimate of drug-likeness (QED) is 0.521. The normalized spacial score (nSPS) is 11.3. The van der Waals surface area contributed by atoms with Gasteiger partial charge >= 0.3 is 5.97 Å². The number of nitrogens with zero attached hydrogens (tertiary/aromatic N) is 1. The van der Waals surface area contributed by atoms with Gasteiger partial charge in [0.05, 0.1) is 4.90 Å². The predicted octanol–water partition coefficient (Wildman–Crippen LogP) is 3.21. The van der Waals surface area contributed by atoms with E-state index in [0.29, 0.717) is 19.3 Å². The van der Waals surface area contributed by atoms with E-state index in [1.165, 1.54) is 0 Å². The molecule has 3 aromatic rings. The molecule has 0 saturated heterocycles. The summed E-state index contributed by atoms with van der Waals surface area (Å²) in [5.74, 6) is -0.843. The Kier molecular flexibility index (Phi) is 7.32. The van der Waals surface area contributed by atoms with Gasteiger partial charge in [-0.1, -0.05) is 42.5 Å². The molecule has 2 aromatic carbocycles. The highest BCUT2D eigenvalue weighted by molar-refractivity contribution is 7.89. The van der Waals surface area contributed by atoms with Crippen molar-refractivity contribution in [3.05, 3.63) is 95.3 Å². The SMILES string of the molecule is O=C(O)CCc1cc(CCNS(=O)(=O)c2ccccc2)cc(Cc2cccnc2)c1. The molecule has 0 atom stereocenters. The van der Waals surface area contributed by atoms with Gasteiger partial charge in [0, 0.05) is 25.4 Å². The van der Waals surface area contributed by atoms with Gasteiger partial charge in [0.2, 0.25) is 10.0 Å². The van der Waals surface area contributed by atoms with E-state index in [-0.39, 0.29) is 17.9 Å². The molecule has 2 N–H and O–H groups in total. The summed E-state index contributed by atoms with van der Waals surface area (Å²) in [6.45, 7) is 0.256. The number of sulfonamides is 1. The zero-order chi connectivity index (χ0) is 21.4. The fourth-order valence-electron chi connectivity index (χ4n) is 3.23. The van der Waals surface area contributed by atoms with E-state index in [0.717, 1.165) is 22.3 Å². The number of benzene rings is 2. The van der Waals surface area contributed by atoms with Crippen LogP contribution in [0.4, 0.5) is 0 Å². The number of aromatic nitrogens is 1. The van der Waals surface area contributed by atoms with Crippen LogP contribution >= 0.6 is 0 Å². The Labute approximate surface area is 176 Å². The lowest BCUT2D eigenvalue weighted by Crippen LogP contribution is -2.26. The van der Waals surface area contributed by atoms with Crippen LogP contribution in [0.3, 0.4) is 0 Å². The molecular weight excluding hydrogens is 400 g/mol. The molecule has 30 heavy (non-hydrogen) atoms. The topological polar surface area (TPSA) is 96.4 Å². The lowest BCUT2D eigenvalue weighted by molar-refractivity contribution is -0.136. The van der Waals surface area contributed by atoms with E-state index < -0.39 is 16.0 Å². The highest BCUT2D eigenvalue weighted by Crippen LogP contribution is 2.17. The zero-order valence-corrected chi connectivity index (χ0v) is 17.3. The number of pyridine rings is 1. The van der Waals surface area contributed by atoms with Crippen molar-refractivity contribution in [2.24, 2.45) is 0 Å². The summed E-state index contributed by atoms with van der Waals surface area (Å²) in [5.41, 5.74) is 4.00. The third-order valence-electron chi connectivity index (χ3n) is 4.63. The number of carbonyl (C=O) groups is 1. The molecule has 0 aliphatic heterocycles. The minimum atomic E-state index is -3.56. The molecule has 0 bridgehead atoms. The first-order valence-corrected chi connectivity index (χ1v) is 11.2. The molecule has 1 aromatic heterocycles. The molecule has 0 radical (unpaired) electrons. The van der Waals surface area contributed by atoms with Crippen molar-refractivity contribution >= 4 is 16.0 Å². The predicted molar refractivity (Wildman–Crippen MR) is 115 cm³/mol. The molecular formula is C23H24N2O4S. The summed E-state index contributed by atoms with van der Waals surface area (Å²) in [7, 11) is -3.56. The molecule has 0 amide bonds. The number of hydrogen-bond acceptors (Lipinski definition) is 4. The standard InChI is InChI=1S/C23H24N2O4S/c26-23(27)9-8-18-13-19(15-21(14-18)16-20-5-4-11-24-17-20)10-12-25-30(28,29)22-6-2-1-3-7-22/h1-7,11,13-15,17,25H,8-10,12,16H2,(H,26,27). The second-order valence-corrected chi connectivity index (χ2v) is 8.82. The van der Waals surface area contributed by atoms with Crippen LogP contribution in [-0.2, 0) is 34.1 Å². The number of aryl methyl sites for hydroxylation is 1. The molecule has 6 nitrogen and oxygen atoms in total. The number of aliphatic carboxylic acids is 1. The van der Waals surface area contributed by atoms with Crippen LogP contribution in [0, 0.1) is 0 Å². The smallest absolute Gasteiger partial charge is 0.303 e. The monoisotopic (exact) mass is 424 g/mol. The van der Waals surface area contributed by atoms with Crippen LogP contribution in [0.2, 0.25) is 0 Å². The summed E-state index contributed by atoms with van der Waals surface area (Å²) in [5, 5.41) is 9.00. The van der Waals surface area contributed by atoms with Crippen LogP contribution in [0.15, 0.2) is 78.0 Å². The fourth-order valence-corrected chi connectivity index (χ4v) is 4.29. The average molecular weight is 425 g/mol. The first-order chi connectivity index (χ1) is 14.4. The molecule has 3 rings (SSSR count). The van der Waals surface area contributed by atoms with E-state index in [4.69, 9.17) is 5.11 Å². The van der Waals surface area contributed by atoms with Crippen LogP contribution in [0.1, 0.15) is 28.7 Å². The summed E-state index contributed by atoms with van der Waals surface area (Å²) >= 11 is 0. The number of rotatable bonds is 10. The van der Waals surface area contributed by atoms with Crippen LogP contribution < -0.4 is 4.72 Å². The second-order valence-electron chi connectivity index (χ2n) is 7.05. The summed E-state index contributed by atoms with van der Waals surface area (Å²) < 4.78 is 27.4. The van der Waals surface area contributed by atoms with E-state index in [9.17, 15) is 13.2 Å². The van der Waals surface area contributed by atoms with Gasteiger partial charge in [0.15, 0.2) is 0 Å². The molecule has 0 fully saturated rings. The second kappa shape index (κ2) is 10.1. The summed E-state index contributed by atoms with van der Waals surface area (Å²) in [6, 6.07) is 18.1. The molecule has 156 valence electrons. The van der Waals surface area contributed by atoms with Crippen molar-refractivity contribution in [3.63, 3.8) is 0 Å².